The summed E-state index contributed by atoms with van der Waals surface area (Å²) >= 11 is 1.56. The van der Waals surface area contributed by atoms with Gasteiger partial charge in [-0.25, -0.2) is 0 Å². The van der Waals surface area contributed by atoms with Crippen molar-refractivity contribution < 1.29 is 9.90 Å². The van der Waals surface area contributed by atoms with Gasteiger partial charge in [-0.3, -0.25) is 9.78 Å². The maximum Gasteiger partial charge on any atom is 0.230 e. The van der Waals surface area contributed by atoms with Gasteiger partial charge in [-0.15, -0.1) is 11.8 Å². The van der Waals surface area contributed by atoms with E-state index in [2.05, 4.69) is 31.1 Å². The van der Waals surface area contributed by atoms with Gasteiger partial charge < -0.3 is 10.4 Å². The molecule has 1 unspecified atom stereocenters. The van der Waals surface area contributed by atoms with E-state index in [9.17, 15) is 9.90 Å². The zero-order chi connectivity index (χ0) is 15.0. The summed E-state index contributed by atoms with van der Waals surface area (Å²) in [6.45, 7) is 6.28. The van der Waals surface area contributed by atoms with Crippen LogP contribution >= 0.6 is 11.8 Å². The fraction of sp³-hybridized carbons (Fsp3) is 0.600. The third kappa shape index (κ3) is 7.50. The molecule has 112 valence electrons. The number of aromatic nitrogens is 1. The monoisotopic (exact) mass is 296 g/mol. The van der Waals surface area contributed by atoms with Crippen LogP contribution in [0, 0.1) is 5.41 Å². The molecule has 20 heavy (non-hydrogen) atoms. The van der Waals surface area contributed by atoms with Crippen LogP contribution < -0.4 is 5.32 Å². The standard InChI is InChI=1S/C15H24N2O2S/c1-15(2,3)8-13(9-18)17-14(19)11-20-10-12-4-6-16-7-5-12/h4-7,13,18H,8-11H2,1-3H3,(H,17,19). The molecule has 0 aliphatic rings. The summed E-state index contributed by atoms with van der Waals surface area (Å²) in [4.78, 5) is 15.8. The molecule has 0 aromatic carbocycles. The van der Waals surface area contributed by atoms with E-state index in [0.29, 0.717) is 5.75 Å². The van der Waals surface area contributed by atoms with Gasteiger partial charge in [0.15, 0.2) is 0 Å². The zero-order valence-corrected chi connectivity index (χ0v) is 13.2. The second kappa shape index (κ2) is 8.27. The van der Waals surface area contributed by atoms with Gasteiger partial charge in [0.2, 0.25) is 5.91 Å². The molecule has 1 aromatic rings. The Kier molecular flexibility index (Phi) is 7.02. The van der Waals surface area contributed by atoms with Gasteiger partial charge in [0.05, 0.1) is 18.4 Å². The molecule has 0 fully saturated rings. The molecule has 5 heteroatoms. The minimum atomic E-state index is -0.163. The molecule has 0 saturated carbocycles. The maximum atomic E-state index is 11.8. The highest BCUT2D eigenvalue weighted by atomic mass is 32.2. The molecule has 1 heterocycles. The quantitative estimate of drug-likeness (QED) is 0.810. The van der Waals surface area contributed by atoms with Crippen molar-refractivity contribution in [2.75, 3.05) is 12.4 Å². The molecular formula is C15H24N2O2S. The van der Waals surface area contributed by atoms with Crippen molar-refractivity contribution in [1.29, 1.82) is 0 Å². The van der Waals surface area contributed by atoms with Gasteiger partial charge in [0.1, 0.15) is 0 Å². The minimum Gasteiger partial charge on any atom is -0.394 e. The third-order valence-corrected chi connectivity index (χ3v) is 3.70. The Balaban J connectivity index is 2.28. The number of nitrogens with one attached hydrogen (secondary N) is 1. The van der Waals surface area contributed by atoms with Crippen LogP contribution in [0.2, 0.25) is 0 Å². The van der Waals surface area contributed by atoms with E-state index < -0.39 is 0 Å². The lowest BCUT2D eigenvalue weighted by atomic mass is 9.88. The van der Waals surface area contributed by atoms with Crippen LogP contribution in [0.15, 0.2) is 24.5 Å². The van der Waals surface area contributed by atoms with Gasteiger partial charge in [0, 0.05) is 18.1 Å². The number of amides is 1. The van der Waals surface area contributed by atoms with Gasteiger partial charge in [0.25, 0.3) is 0 Å². The highest BCUT2D eigenvalue weighted by Crippen LogP contribution is 2.20. The predicted octanol–water partition coefficient (Wildman–Crippen LogP) is 2.23. The number of rotatable bonds is 7. The number of thioether (sulfide) groups is 1. The third-order valence-electron chi connectivity index (χ3n) is 2.70. The van der Waals surface area contributed by atoms with E-state index in [0.717, 1.165) is 17.7 Å². The smallest absolute Gasteiger partial charge is 0.230 e. The number of aliphatic hydroxyl groups is 1. The van der Waals surface area contributed by atoms with Crippen LogP contribution in [0.4, 0.5) is 0 Å². The van der Waals surface area contributed by atoms with Crippen LogP contribution in [-0.4, -0.2) is 34.4 Å². The molecule has 4 nitrogen and oxygen atoms in total. The Labute approximate surface area is 125 Å². The average Bonchev–Trinajstić information content (AvgIpc) is 2.37. The highest BCUT2D eigenvalue weighted by Gasteiger charge is 2.19. The lowest BCUT2D eigenvalue weighted by Crippen LogP contribution is -2.40. The van der Waals surface area contributed by atoms with Crippen molar-refractivity contribution in [2.45, 2.75) is 39.0 Å². The van der Waals surface area contributed by atoms with Crippen LogP contribution in [0.3, 0.4) is 0 Å². The molecule has 1 atom stereocenters. The van der Waals surface area contributed by atoms with E-state index in [-0.39, 0.29) is 24.0 Å². The Hall–Kier alpha value is -1.07. The minimum absolute atomic E-state index is 0.0158. The normalized spacial score (nSPS) is 13.0. The van der Waals surface area contributed by atoms with Crippen molar-refractivity contribution in [2.24, 2.45) is 5.41 Å². The molecule has 1 amide bonds. The summed E-state index contributed by atoms with van der Waals surface area (Å²) in [5, 5.41) is 12.2. The summed E-state index contributed by atoms with van der Waals surface area (Å²) < 4.78 is 0. The largest absolute Gasteiger partial charge is 0.394 e. The first-order valence-corrected chi connectivity index (χ1v) is 7.93. The highest BCUT2D eigenvalue weighted by molar-refractivity contribution is 7.99. The van der Waals surface area contributed by atoms with Crippen molar-refractivity contribution in [1.82, 2.24) is 10.3 Å². The number of hydrogen-bond donors (Lipinski definition) is 2. The number of aliphatic hydroxyl groups excluding tert-OH is 1. The first kappa shape index (κ1) is 17.0. The van der Waals surface area contributed by atoms with Gasteiger partial charge >= 0.3 is 0 Å². The lowest BCUT2D eigenvalue weighted by molar-refractivity contribution is -0.119. The average molecular weight is 296 g/mol. The topological polar surface area (TPSA) is 62.2 Å². The Bertz CT molecular complexity index is 404. The van der Waals surface area contributed by atoms with Crippen molar-refractivity contribution in [3.05, 3.63) is 30.1 Å². The number of nitrogens with zero attached hydrogens (tertiary/aromatic N) is 1. The second-order valence-corrected chi connectivity index (χ2v) is 7.05. The fourth-order valence-electron chi connectivity index (χ4n) is 1.91. The van der Waals surface area contributed by atoms with Crippen molar-refractivity contribution >= 4 is 17.7 Å². The fourth-order valence-corrected chi connectivity index (χ4v) is 2.71. The maximum absolute atomic E-state index is 11.8. The lowest BCUT2D eigenvalue weighted by Gasteiger charge is -2.25. The van der Waals surface area contributed by atoms with Gasteiger partial charge in [-0.2, -0.15) is 0 Å². The molecule has 1 aromatic heterocycles. The molecule has 2 N–H and O–H groups in total. The van der Waals surface area contributed by atoms with E-state index in [4.69, 9.17) is 0 Å². The van der Waals surface area contributed by atoms with E-state index in [1.165, 1.54) is 0 Å². The van der Waals surface area contributed by atoms with E-state index >= 15 is 0 Å². The Morgan fingerprint density at radius 1 is 1.40 bits per heavy atom. The van der Waals surface area contributed by atoms with E-state index in [1.807, 2.05) is 12.1 Å². The molecule has 0 aliphatic heterocycles. The number of carbonyl (C=O) groups is 1. The Morgan fingerprint density at radius 2 is 2.05 bits per heavy atom. The summed E-state index contributed by atoms with van der Waals surface area (Å²) in [6, 6.07) is 3.73. The van der Waals surface area contributed by atoms with Gasteiger partial charge in [-0.05, 0) is 29.5 Å². The summed E-state index contributed by atoms with van der Waals surface area (Å²) in [7, 11) is 0. The van der Waals surface area contributed by atoms with E-state index in [1.54, 1.807) is 24.2 Å². The number of hydrogen-bond acceptors (Lipinski definition) is 4. The van der Waals surface area contributed by atoms with Crippen LogP contribution in [0.5, 0.6) is 0 Å². The van der Waals surface area contributed by atoms with Crippen molar-refractivity contribution in [3.8, 4) is 0 Å². The van der Waals surface area contributed by atoms with Crippen LogP contribution in [0.25, 0.3) is 0 Å². The molecule has 0 spiro atoms. The molecular weight excluding hydrogens is 272 g/mol. The van der Waals surface area contributed by atoms with Gasteiger partial charge in [-0.1, -0.05) is 20.8 Å². The predicted molar refractivity (Wildman–Crippen MR) is 83.5 cm³/mol. The molecule has 1 rings (SSSR count). The number of pyridine rings is 1. The molecule has 0 bridgehead atoms. The Morgan fingerprint density at radius 3 is 2.60 bits per heavy atom. The molecule has 0 saturated heterocycles. The molecule has 0 aliphatic carbocycles. The molecule has 0 radical (unpaired) electrons. The zero-order valence-electron chi connectivity index (χ0n) is 12.4. The second-order valence-electron chi connectivity index (χ2n) is 6.06. The van der Waals surface area contributed by atoms with Crippen LogP contribution in [0.1, 0.15) is 32.8 Å². The first-order chi connectivity index (χ1) is 9.40. The first-order valence-electron chi connectivity index (χ1n) is 6.77. The summed E-state index contributed by atoms with van der Waals surface area (Å²) in [6.07, 6.45) is 4.27. The summed E-state index contributed by atoms with van der Waals surface area (Å²) in [5.74, 6) is 1.18. The SMILES string of the molecule is CC(C)(C)CC(CO)NC(=O)CSCc1ccncc1. The van der Waals surface area contributed by atoms with Crippen molar-refractivity contribution in [3.63, 3.8) is 0 Å². The number of carbonyl (C=O) groups excluding carboxylic acids is 1. The summed E-state index contributed by atoms with van der Waals surface area (Å²) in [5.41, 5.74) is 1.25. The van der Waals surface area contributed by atoms with Crippen LogP contribution in [-0.2, 0) is 10.5 Å².